The summed E-state index contributed by atoms with van der Waals surface area (Å²) in [5.74, 6) is 0. The zero-order valence-corrected chi connectivity index (χ0v) is 10.1. The first-order valence-electron chi connectivity index (χ1n) is 5.70. The average molecular weight is 254 g/mol. The van der Waals surface area contributed by atoms with Gasteiger partial charge < -0.3 is 0 Å². The van der Waals surface area contributed by atoms with Crippen molar-refractivity contribution >= 4 is 11.3 Å². The van der Waals surface area contributed by atoms with E-state index in [0.717, 1.165) is 11.3 Å². The Balaban J connectivity index is 2.11. The molecule has 2 aromatic heterocycles. The second-order valence-electron chi connectivity index (χ2n) is 4.27. The molecule has 0 unspecified atom stereocenters. The van der Waals surface area contributed by atoms with Crippen molar-refractivity contribution in [2.45, 2.75) is 6.92 Å². The van der Waals surface area contributed by atoms with Gasteiger partial charge in [0.25, 0.3) is 0 Å². The Morgan fingerprint density at radius 1 is 1.26 bits per heavy atom. The summed E-state index contributed by atoms with van der Waals surface area (Å²) < 4.78 is 1.42. The normalized spacial score (nSPS) is 10.8. The summed E-state index contributed by atoms with van der Waals surface area (Å²) in [6.07, 6.45) is 2.59. The largest absolute Gasteiger partial charge is 0.305 e. The number of benzene rings is 1. The van der Waals surface area contributed by atoms with Gasteiger partial charge >= 0.3 is 5.69 Å². The van der Waals surface area contributed by atoms with Crippen LogP contribution in [0.15, 0.2) is 42.7 Å². The van der Waals surface area contributed by atoms with Gasteiger partial charge in [0, 0.05) is 11.6 Å². The summed E-state index contributed by atoms with van der Waals surface area (Å²) in [7, 11) is 0. The molecule has 94 valence electrons. The van der Waals surface area contributed by atoms with Crippen molar-refractivity contribution in [1.82, 2.24) is 14.6 Å². The van der Waals surface area contributed by atoms with Crippen LogP contribution < -0.4 is 0 Å². The monoisotopic (exact) mass is 254 g/mol. The number of nitrogens with zero attached hydrogens (tertiary/aromatic N) is 4. The van der Waals surface area contributed by atoms with E-state index in [0.29, 0.717) is 5.65 Å². The highest BCUT2D eigenvalue weighted by Gasteiger charge is 2.10. The van der Waals surface area contributed by atoms with Crippen LogP contribution in [-0.2, 0) is 0 Å². The second kappa shape index (κ2) is 4.16. The van der Waals surface area contributed by atoms with Crippen molar-refractivity contribution in [1.29, 1.82) is 0 Å². The van der Waals surface area contributed by atoms with Crippen LogP contribution in [-0.4, -0.2) is 19.5 Å². The van der Waals surface area contributed by atoms with Gasteiger partial charge in [0.15, 0.2) is 5.65 Å². The van der Waals surface area contributed by atoms with E-state index in [1.807, 2.05) is 31.2 Å². The Bertz CT molecular complexity index is 762. The molecule has 0 aliphatic heterocycles. The first-order valence-corrected chi connectivity index (χ1v) is 5.70. The molecule has 2 heterocycles. The number of aryl methyl sites for hydroxylation is 1. The van der Waals surface area contributed by atoms with Gasteiger partial charge in [-0.25, -0.2) is 9.50 Å². The molecule has 0 atom stereocenters. The predicted octanol–water partition coefficient (Wildman–Crippen LogP) is 2.61. The van der Waals surface area contributed by atoms with Gasteiger partial charge in [0.05, 0.1) is 10.6 Å². The third-order valence-corrected chi connectivity index (χ3v) is 2.86. The molecular formula is C13H10N4O2. The smallest absolute Gasteiger partial charge is 0.258 e. The maximum atomic E-state index is 10.7. The average Bonchev–Trinajstić information content (AvgIpc) is 2.82. The van der Waals surface area contributed by atoms with Crippen LogP contribution in [0.5, 0.6) is 0 Å². The number of nitro groups is 1. The molecule has 19 heavy (non-hydrogen) atoms. The highest BCUT2D eigenvalue weighted by molar-refractivity contribution is 5.64. The molecule has 0 saturated carbocycles. The highest BCUT2D eigenvalue weighted by atomic mass is 16.6. The van der Waals surface area contributed by atoms with Crippen LogP contribution in [0.25, 0.3) is 16.9 Å². The van der Waals surface area contributed by atoms with Crippen LogP contribution in [0.3, 0.4) is 0 Å². The standard InChI is InChI=1S/C13H10N4O2/c1-9-2-4-10(5-3-9)12-6-13-14-7-11(17(18)19)8-16(13)15-12/h2-8H,1H3. The van der Waals surface area contributed by atoms with E-state index in [9.17, 15) is 10.1 Å². The van der Waals surface area contributed by atoms with E-state index in [1.54, 1.807) is 6.07 Å². The molecule has 6 heteroatoms. The third-order valence-electron chi connectivity index (χ3n) is 2.86. The van der Waals surface area contributed by atoms with Crippen LogP contribution in [0.1, 0.15) is 5.56 Å². The van der Waals surface area contributed by atoms with E-state index in [2.05, 4.69) is 10.1 Å². The summed E-state index contributed by atoms with van der Waals surface area (Å²) in [5, 5.41) is 15.0. The Kier molecular flexibility index (Phi) is 2.49. The molecule has 0 aliphatic carbocycles. The quantitative estimate of drug-likeness (QED) is 0.520. The summed E-state index contributed by atoms with van der Waals surface area (Å²) in [5.41, 5.74) is 3.38. The lowest BCUT2D eigenvalue weighted by atomic mass is 10.1. The summed E-state index contributed by atoms with van der Waals surface area (Å²) in [4.78, 5) is 14.2. The highest BCUT2D eigenvalue weighted by Crippen LogP contribution is 2.20. The molecule has 0 N–H and O–H groups in total. The second-order valence-corrected chi connectivity index (χ2v) is 4.27. The summed E-state index contributed by atoms with van der Waals surface area (Å²) >= 11 is 0. The van der Waals surface area contributed by atoms with Crippen molar-refractivity contribution in [3.05, 3.63) is 58.4 Å². The van der Waals surface area contributed by atoms with Gasteiger partial charge in [-0.2, -0.15) is 5.10 Å². The van der Waals surface area contributed by atoms with Crippen molar-refractivity contribution in [3.63, 3.8) is 0 Å². The Hall–Kier alpha value is -2.76. The molecule has 3 rings (SSSR count). The first-order chi connectivity index (χ1) is 9.13. The van der Waals surface area contributed by atoms with Gasteiger partial charge in [0.1, 0.15) is 12.4 Å². The van der Waals surface area contributed by atoms with E-state index in [4.69, 9.17) is 0 Å². The lowest BCUT2D eigenvalue weighted by molar-refractivity contribution is -0.385. The first kappa shape index (κ1) is 11.3. The van der Waals surface area contributed by atoms with Crippen molar-refractivity contribution in [2.75, 3.05) is 0 Å². The maximum absolute atomic E-state index is 10.7. The Morgan fingerprint density at radius 2 is 2.00 bits per heavy atom. The fraction of sp³-hybridized carbons (Fsp3) is 0.0769. The molecule has 3 aromatic rings. The third kappa shape index (κ3) is 2.03. The predicted molar refractivity (Wildman–Crippen MR) is 69.8 cm³/mol. The number of aromatic nitrogens is 3. The van der Waals surface area contributed by atoms with E-state index >= 15 is 0 Å². The van der Waals surface area contributed by atoms with E-state index < -0.39 is 4.92 Å². The zero-order chi connectivity index (χ0) is 13.4. The van der Waals surface area contributed by atoms with Crippen LogP contribution >= 0.6 is 0 Å². The van der Waals surface area contributed by atoms with E-state index in [-0.39, 0.29) is 5.69 Å². The molecule has 0 saturated heterocycles. The van der Waals surface area contributed by atoms with Gasteiger partial charge in [-0.15, -0.1) is 0 Å². The van der Waals surface area contributed by atoms with Crippen molar-refractivity contribution in [3.8, 4) is 11.3 Å². The summed E-state index contributed by atoms with van der Waals surface area (Å²) in [6, 6.07) is 9.72. The lowest BCUT2D eigenvalue weighted by Crippen LogP contribution is -1.95. The lowest BCUT2D eigenvalue weighted by Gasteiger charge is -1.96. The minimum Gasteiger partial charge on any atom is -0.258 e. The Labute approximate surface area is 108 Å². The molecular weight excluding hydrogens is 244 g/mol. The number of hydrogen-bond acceptors (Lipinski definition) is 4. The zero-order valence-electron chi connectivity index (χ0n) is 10.1. The SMILES string of the molecule is Cc1ccc(-c2cc3ncc([N+](=O)[O-])cn3n2)cc1. The molecule has 0 amide bonds. The number of rotatable bonds is 2. The van der Waals surface area contributed by atoms with E-state index in [1.165, 1.54) is 22.5 Å². The molecule has 0 spiro atoms. The van der Waals surface area contributed by atoms with Crippen molar-refractivity contribution < 1.29 is 4.92 Å². The van der Waals surface area contributed by atoms with Gasteiger partial charge in [-0.3, -0.25) is 10.1 Å². The van der Waals surface area contributed by atoms with Gasteiger partial charge in [-0.05, 0) is 6.92 Å². The van der Waals surface area contributed by atoms with Crippen LogP contribution in [0, 0.1) is 17.0 Å². The molecule has 1 aromatic carbocycles. The fourth-order valence-electron chi connectivity index (χ4n) is 1.83. The molecule has 0 fully saturated rings. The molecule has 0 radical (unpaired) electrons. The number of hydrogen-bond donors (Lipinski definition) is 0. The van der Waals surface area contributed by atoms with Gasteiger partial charge in [0.2, 0.25) is 0 Å². The van der Waals surface area contributed by atoms with Crippen LogP contribution in [0.2, 0.25) is 0 Å². The Morgan fingerprint density at radius 3 is 2.68 bits per heavy atom. The molecule has 0 aliphatic rings. The summed E-state index contributed by atoms with van der Waals surface area (Å²) in [6.45, 7) is 2.01. The molecule has 6 nitrogen and oxygen atoms in total. The topological polar surface area (TPSA) is 73.3 Å². The van der Waals surface area contributed by atoms with Crippen molar-refractivity contribution in [2.24, 2.45) is 0 Å². The number of fused-ring (bicyclic) bond motifs is 1. The maximum Gasteiger partial charge on any atom is 0.305 e. The minimum absolute atomic E-state index is 0.0777. The fourth-order valence-corrected chi connectivity index (χ4v) is 1.83. The van der Waals surface area contributed by atoms with Gasteiger partial charge in [-0.1, -0.05) is 29.8 Å². The van der Waals surface area contributed by atoms with Crippen LogP contribution in [0.4, 0.5) is 5.69 Å². The minimum atomic E-state index is -0.486. The molecule has 0 bridgehead atoms.